The third kappa shape index (κ3) is 5.55. The predicted octanol–water partition coefficient (Wildman–Crippen LogP) is 4.95. The van der Waals surface area contributed by atoms with Crippen LogP contribution in [0.1, 0.15) is 17.1 Å². The third-order valence-corrected chi connectivity index (χ3v) is 4.09. The number of benzene rings is 2. The van der Waals surface area contributed by atoms with E-state index in [4.69, 9.17) is 16.6 Å². The summed E-state index contributed by atoms with van der Waals surface area (Å²) in [6.07, 6.45) is 2.34. The summed E-state index contributed by atoms with van der Waals surface area (Å²) >= 11 is 8.62. The highest BCUT2D eigenvalue weighted by molar-refractivity contribution is 9.10. The first kappa shape index (κ1) is 17.4. The highest BCUT2D eigenvalue weighted by Crippen LogP contribution is 2.15. The lowest BCUT2D eigenvalue weighted by Gasteiger charge is -2.05. The summed E-state index contributed by atoms with van der Waals surface area (Å²) in [5.41, 5.74) is 4.86. The minimum Gasteiger partial charge on any atom is -0.460 e. The predicted molar refractivity (Wildman–Crippen MR) is 109 cm³/mol. The van der Waals surface area contributed by atoms with Gasteiger partial charge < -0.3 is 9.73 Å². The molecule has 0 aliphatic rings. The lowest BCUT2D eigenvalue weighted by atomic mass is 10.1. The van der Waals surface area contributed by atoms with Gasteiger partial charge in [0.15, 0.2) is 5.11 Å². The van der Waals surface area contributed by atoms with E-state index in [2.05, 4.69) is 43.9 Å². The van der Waals surface area contributed by atoms with Crippen molar-refractivity contribution in [2.24, 2.45) is 5.10 Å². The van der Waals surface area contributed by atoms with Crippen LogP contribution in [0.3, 0.4) is 0 Å². The molecule has 6 heteroatoms. The zero-order chi connectivity index (χ0) is 17.5. The third-order valence-electron chi connectivity index (χ3n) is 3.36. The largest absolute Gasteiger partial charge is 0.460 e. The Bertz CT molecular complexity index is 860. The molecule has 126 valence electrons. The van der Waals surface area contributed by atoms with Crippen molar-refractivity contribution in [2.45, 2.75) is 6.42 Å². The molecule has 2 N–H and O–H groups in total. The molecule has 3 aromatic rings. The molecule has 0 radical (unpaired) electrons. The molecule has 0 amide bonds. The number of hydrogen-bond donors (Lipinski definition) is 2. The first-order valence-electron chi connectivity index (χ1n) is 7.67. The summed E-state index contributed by atoms with van der Waals surface area (Å²) in [5.74, 6) is 1.55. The van der Waals surface area contributed by atoms with Crippen LogP contribution < -0.4 is 10.7 Å². The van der Waals surface area contributed by atoms with E-state index in [0.717, 1.165) is 22.3 Å². The molecule has 0 fully saturated rings. The lowest BCUT2D eigenvalue weighted by Crippen LogP contribution is -2.23. The molecule has 3 rings (SSSR count). The number of rotatable bonds is 5. The van der Waals surface area contributed by atoms with Gasteiger partial charge in [0.25, 0.3) is 0 Å². The van der Waals surface area contributed by atoms with E-state index in [1.165, 1.54) is 5.56 Å². The Hall–Kier alpha value is -2.44. The zero-order valence-corrected chi connectivity index (χ0v) is 15.7. The van der Waals surface area contributed by atoms with Crippen LogP contribution in [0.2, 0.25) is 0 Å². The van der Waals surface area contributed by atoms with E-state index in [1.807, 2.05) is 54.6 Å². The second-order valence-corrected chi connectivity index (χ2v) is 6.62. The number of furan rings is 1. The van der Waals surface area contributed by atoms with Crippen LogP contribution in [0.4, 0.5) is 5.69 Å². The Kier molecular flexibility index (Phi) is 5.98. The van der Waals surface area contributed by atoms with Gasteiger partial charge in [-0.15, -0.1) is 0 Å². The molecule has 2 aromatic carbocycles. The molecular formula is C19H16BrN3OS. The van der Waals surface area contributed by atoms with Gasteiger partial charge in [0.1, 0.15) is 11.5 Å². The van der Waals surface area contributed by atoms with Gasteiger partial charge in [-0.2, -0.15) is 5.10 Å². The molecule has 1 aromatic heterocycles. The van der Waals surface area contributed by atoms with Gasteiger partial charge in [0.2, 0.25) is 0 Å². The highest BCUT2D eigenvalue weighted by Gasteiger charge is 2.02. The van der Waals surface area contributed by atoms with Crippen LogP contribution in [0, 0.1) is 0 Å². The van der Waals surface area contributed by atoms with Crippen molar-refractivity contribution < 1.29 is 4.42 Å². The quantitative estimate of drug-likeness (QED) is 0.352. The smallest absolute Gasteiger partial charge is 0.191 e. The van der Waals surface area contributed by atoms with Crippen molar-refractivity contribution in [3.63, 3.8) is 0 Å². The molecule has 0 saturated carbocycles. The van der Waals surface area contributed by atoms with E-state index in [1.54, 1.807) is 6.21 Å². The second-order valence-electron chi connectivity index (χ2n) is 5.30. The van der Waals surface area contributed by atoms with Gasteiger partial charge in [-0.1, -0.05) is 46.3 Å². The van der Waals surface area contributed by atoms with Crippen LogP contribution >= 0.6 is 28.1 Å². The van der Waals surface area contributed by atoms with Crippen LogP contribution in [0.15, 0.2) is 80.7 Å². The summed E-state index contributed by atoms with van der Waals surface area (Å²) in [4.78, 5) is 0. The Morgan fingerprint density at radius 2 is 1.80 bits per heavy atom. The second kappa shape index (κ2) is 8.60. The molecular weight excluding hydrogens is 398 g/mol. The van der Waals surface area contributed by atoms with E-state index < -0.39 is 0 Å². The maximum atomic E-state index is 5.75. The van der Waals surface area contributed by atoms with Crippen molar-refractivity contribution in [3.8, 4) is 0 Å². The van der Waals surface area contributed by atoms with E-state index in [-0.39, 0.29) is 0 Å². The topological polar surface area (TPSA) is 49.6 Å². The number of para-hydroxylation sites is 1. The Morgan fingerprint density at radius 1 is 1.04 bits per heavy atom. The fraction of sp³-hybridized carbons (Fsp3) is 0.0526. The van der Waals surface area contributed by atoms with Crippen molar-refractivity contribution in [2.75, 3.05) is 5.32 Å². The Labute approximate surface area is 160 Å². The maximum absolute atomic E-state index is 5.75. The standard InChI is InChI=1S/C19H16BrN3OS/c20-15-8-6-14(7-9-15)12-17-10-11-18(24-17)13-21-23-19(25)22-16-4-2-1-3-5-16/h1-11,13H,12H2,(H2,22,23,25)/b21-13+. The molecule has 0 saturated heterocycles. The van der Waals surface area contributed by atoms with Crippen LogP contribution in [0.5, 0.6) is 0 Å². The number of anilines is 1. The van der Waals surface area contributed by atoms with E-state index in [0.29, 0.717) is 10.9 Å². The first-order chi connectivity index (χ1) is 12.2. The van der Waals surface area contributed by atoms with Crippen molar-refractivity contribution in [3.05, 3.63) is 88.3 Å². The summed E-state index contributed by atoms with van der Waals surface area (Å²) in [6, 6.07) is 21.7. The van der Waals surface area contributed by atoms with Crippen LogP contribution in [-0.2, 0) is 6.42 Å². The first-order valence-corrected chi connectivity index (χ1v) is 8.87. The molecule has 0 bridgehead atoms. The molecule has 0 unspecified atom stereocenters. The van der Waals surface area contributed by atoms with Gasteiger partial charge >= 0.3 is 0 Å². The van der Waals surface area contributed by atoms with Gasteiger partial charge in [0.05, 0.1) is 6.21 Å². The number of nitrogens with one attached hydrogen (secondary N) is 2. The number of hydrazone groups is 1. The van der Waals surface area contributed by atoms with Crippen molar-refractivity contribution in [1.82, 2.24) is 5.43 Å². The fourth-order valence-corrected chi connectivity index (χ4v) is 2.63. The van der Waals surface area contributed by atoms with Crippen molar-refractivity contribution >= 4 is 45.2 Å². The molecule has 0 aliphatic carbocycles. The summed E-state index contributed by atoms with van der Waals surface area (Å²) < 4.78 is 6.82. The minimum atomic E-state index is 0.420. The van der Waals surface area contributed by atoms with E-state index >= 15 is 0 Å². The monoisotopic (exact) mass is 413 g/mol. The molecule has 0 spiro atoms. The highest BCUT2D eigenvalue weighted by atomic mass is 79.9. The SMILES string of the molecule is S=C(N/N=C/c1ccc(Cc2ccc(Br)cc2)o1)Nc1ccccc1. The molecule has 0 aliphatic heterocycles. The normalized spacial score (nSPS) is 10.8. The number of halogens is 1. The Morgan fingerprint density at radius 3 is 2.56 bits per heavy atom. The number of thiocarbonyl (C=S) groups is 1. The lowest BCUT2D eigenvalue weighted by molar-refractivity contribution is 0.514. The Balaban J connectivity index is 1.51. The molecule has 4 nitrogen and oxygen atoms in total. The number of hydrogen-bond acceptors (Lipinski definition) is 3. The molecule has 0 atom stereocenters. The summed E-state index contributed by atoms with van der Waals surface area (Å²) in [5, 5.41) is 7.55. The van der Waals surface area contributed by atoms with Crippen LogP contribution in [-0.4, -0.2) is 11.3 Å². The van der Waals surface area contributed by atoms with Crippen molar-refractivity contribution in [1.29, 1.82) is 0 Å². The average Bonchev–Trinajstić information content (AvgIpc) is 3.05. The van der Waals surface area contributed by atoms with Gasteiger partial charge in [0, 0.05) is 16.6 Å². The number of nitrogens with zero attached hydrogens (tertiary/aromatic N) is 1. The van der Waals surface area contributed by atoms with Gasteiger partial charge in [-0.25, -0.2) is 0 Å². The molecule has 1 heterocycles. The average molecular weight is 414 g/mol. The minimum absolute atomic E-state index is 0.420. The van der Waals surface area contributed by atoms with Crippen LogP contribution in [0.25, 0.3) is 0 Å². The summed E-state index contributed by atoms with van der Waals surface area (Å²) in [6.45, 7) is 0. The summed E-state index contributed by atoms with van der Waals surface area (Å²) in [7, 11) is 0. The fourth-order valence-electron chi connectivity index (χ4n) is 2.20. The van der Waals surface area contributed by atoms with E-state index in [9.17, 15) is 0 Å². The maximum Gasteiger partial charge on any atom is 0.191 e. The van der Waals surface area contributed by atoms with Gasteiger partial charge in [-0.05, 0) is 54.2 Å². The zero-order valence-electron chi connectivity index (χ0n) is 13.3. The molecule has 25 heavy (non-hydrogen) atoms. The van der Waals surface area contributed by atoms with Gasteiger partial charge in [-0.3, -0.25) is 5.43 Å².